The van der Waals surface area contributed by atoms with Crippen LogP contribution in [0.4, 0.5) is 0 Å². The fourth-order valence-electron chi connectivity index (χ4n) is 2.13. The number of ether oxygens (including phenoxy) is 1. The Balaban J connectivity index is 1.86. The number of carbonyl (C=O) groups is 1. The van der Waals surface area contributed by atoms with Gasteiger partial charge in [-0.1, -0.05) is 42.5 Å². The molecule has 0 heterocycles. The summed E-state index contributed by atoms with van der Waals surface area (Å²) in [7, 11) is 1.46. The SMILES string of the molecule is COC(=O)C1(C)CC1/C=C\Cc1ccccc1. The summed E-state index contributed by atoms with van der Waals surface area (Å²) in [5, 5.41) is 0. The summed E-state index contributed by atoms with van der Waals surface area (Å²) < 4.78 is 4.80. The minimum atomic E-state index is -0.276. The smallest absolute Gasteiger partial charge is 0.312 e. The molecule has 1 aliphatic carbocycles. The van der Waals surface area contributed by atoms with Crippen LogP contribution in [0.1, 0.15) is 18.9 Å². The molecule has 0 N–H and O–H groups in total. The van der Waals surface area contributed by atoms with Crippen LogP contribution in [0.3, 0.4) is 0 Å². The van der Waals surface area contributed by atoms with Crippen molar-refractivity contribution in [3.8, 4) is 0 Å². The lowest BCUT2D eigenvalue weighted by atomic mass is 10.1. The van der Waals surface area contributed by atoms with E-state index in [0.29, 0.717) is 5.92 Å². The van der Waals surface area contributed by atoms with Crippen LogP contribution >= 0.6 is 0 Å². The molecule has 0 radical (unpaired) electrons. The third-order valence-corrected chi connectivity index (χ3v) is 3.52. The Hall–Kier alpha value is -1.57. The van der Waals surface area contributed by atoms with Crippen molar-refractivity contribution in [1.29, 1.82) is 0 Å². The minimum absolute atomic E-state index is 0.0909. The van der Waals surface area contributed by atoms with Crippen LogP contribution in [0.5, 0.6) is 0 Å². The van der Waals surface area contributed by atoms with Crippen LogP contribution in [0.25, 0.3) is 0 Å². The Kier molecular flexibility index (Phi) is 3.32. The molecule has 2 nitrogen and oxygen atoms in total. The molecule has 17 heavy (non-hydrogen) atoms. The summed E-state index contributed by atoms with van der Waals surface area (Å²) >= 11 is 0. The molecule has 2 rings (SSSR count). The van der Waals surface area contributed by atoms with Gasteiger partial charge >= 0.3 is 5.97 Å². The average Bonchev–Trinajstić information content (AvgIpc) is 3.02. The van der Waals surface area contributed by atoms with E-state index in [1.165, 1.54) is 12.7 Å². The highest BCUT2D eigenvalue weighted by molar-refractivity contribution is 5.80. The fraction of sp³-hybridized carbons (Fsp3) is 0.400. The maximum absolute atomic E-state index is 11.5. The van der Waals surface area contributed by atoms with Gasteiger partial charge in [0.25, 0.3) is 0 Å². The average molecular weight is 230 g/mol. The van der Waals surface area contributed by atoms with E-state index in [9.17, 15) is 4.79 Å². The van der Waals surface area contributed by atoms with E-state index >= 15 is 0 Å². The molecule has 0 aromatic heterocycles. The molecule has 2 unspecified atom stereocenters. The summed E-state index contributed by atoms with van der Waals surface area (Å²) in [6, 6.07) is 10.3. The van der Waals surface area contributed by atoms with Crippen LogP contribution in [0.15, 0.2) is 42.5 Å². The molecule has 0 aliphatic heterocycles. The molecular weight excluding hydrogens is 212 g/mol. The Labute approximate surface area is 102 Å². The van der Waals surface area contributed by atoms with Crippen molar-refractivity contribution in [2.24, 2.45) is 11.3 Å². The van der Waals surface area contributed by atoms with Crippen LogP contribution in [-0.2, 0) is 16.0 Å². The van der Waals surface area contributed by atoms with Crippen molar-refractivity contribution in [3.05, 3.63) is 48.0 Å². The van der Waals surface area contributed by atoms with E-state index in [2.05, 4.69) is 24.3 Å². The maximum Gasteiger partial charge on any atom is 0.312 e. The van der Waals surface area contributed by atoms with Gasteiger partial charge in [-0.15, -0.1) is 0 Å². The van der Waals surface area contributed by atoms with E-state index in [4.69, 9.17) is 4.74 Å². The Morgan fingerprint density at radius 1 is 1.47 bits per heavy atom. The lowest BCUT2D eigenvalue weighted by Gasteiger charge is -2.05. The first-order valence-corrected chi connectivity index (χ1v) is 5.96. The van der Waals surface area contributed by atoms with Crippen LogP contribution in [-0.4, -0.2) is 13.1 Å². The Morgan fingerprint density at radius 3 is 2.82 bits per heavy atom. The third kappa shape index (κ3) is 2.57. The highest BCUT2D eigenvalue weighted by Crippen LogP contribution is 2.53. The molecule has 0 bridgehead atoms. The van der Waals surface area contributed by atoms with Gasteiger partial charge < -0.3 is 4.74 Å². The normalized spacial score (nSPS) is 27.1. The molecular formula is C15H18O2. The number of hydrogen-bond donors (Lipinski definition) is 0. The van der Waals surface area contributed by atoms with E-state index in [1.807, 2.05) is 25.1 Å². The van der Waals surface area contributed by atoms with E-state index < -0.39 is 0 Å². The van der Waals surface area contributed by atoms with Gasteiger partial charge in [-0.25, -0.2) is 0 Å². The number of esters is 1. The first kappa shape index (κ1) is 11.9. The predicted molar refractivity (Wildman–Crippen MR) is 67.5 cm³/mol. The zero-order valence-corrected chi connectivity index (χ0v) is 10.3. The summed E-state index contributed by atoms with van der Waals surface area (Å²) in [5.74, 6) is 0.255. The van der Waals surface area contributed by atoms with E-state index in [-0.39, 0.29) is 11.4 Å². The van der Waals surface area contributed by atoms with Crippen LogP contribution in [0.2, 0.25) is 0 Å². The second kappa shape index (κ2) is 4.74. The Bertz CT molecular complexity index is 422. The fourth-order valence-corrected chi connectivity index (χ4v) is 2.13. The zero-order valence-electron chi connectivity index (χ0n) is 10.3. The first-order chi connectivity index (χ1) is 8.16. The van der Waals surface area contributed by atoms with E-state index in [1.54, 1.807) is 0 Å². The minimum Gasteiger partial charge on any atom is -0.469 e. The molecule has 1 saturated carbocycles. The van der Waals surface area contributed by atoms with Crippen molar-refractivity contribution in [2.45, 2.75) is 19.8 Å². The summed E-state index contributed by atoms with van der Waals surface area (Å²) in [4.78, 5) is 11.5. The number of rotatable bonds is 4. The van der Waals surface area contributed by atoms with Crippen molar-refractivity contribution in [2.75, 3.05) is 7.11 Å². The summed E-state index contributed by atoms with van der Waals surface area (Å²) in [6.45, 7) is 1.97. The first-order valence-electron chi connectivity index (χ1n) is 5.96. The predicted octanol–water partition coefficient (Wildman–Crippen LogP) is 2.98. The number of methoxy groups -OCH3 is 1. The molecule has 0 saturated heterocycles. The lowest BCUT2D eigenvalue weighted by molar-refractivity contribution is -0.146. The van der Waals surface area contributed by atoms with E-state index in [0.717, 1.165) is 12.8 Å². The molecule has 0 spiro atoms. The Morgan fingerprint density at radius 2 is 2.18 bits per heavy atom. The van der Waals surface area contributed by atoms with Gasteiger partial charge in [-0.3, -0.25) is 4.79 Å². The standard InChI is InChI=1S/C15H18O2/c1-15(14(16)17-2)11-13(15)10-6-9-12-7-4-3-5-8-12/h3-8,10,13H,9,11H2,1-2H3/b10-6-. The van der Waals surface area contributed by atoms with Crippen LogP contribution < -0.4 is 0 Å². The summed E-state index contributed by atoms with van der Waals surface area (Å²) in [6.07, 6.45) is 6.12. The highest BCUT2D eigenvalue weighted by Gasteiger charge is 2.55. The lowest BCUT2D eigenvalue weighted by Crippen LogP contribution is -2.15. The largest absolute Gasteiger partial charge is 0.469 e. The van der Waals surface area contributed by atoms with Gasteiger partial charge in [0.1, 0.15) is 0 Å². The molecule has 1 aromatic carbocycles. The van der Waals surface area contributed by atoms with Gasteiger partial charge in [0, 0.05) is 0 Å². The van der Waals surface area contributed by atoms with Gasteiger partial charge in [-0.2, -0.15) is 0 Å². The molecule has 0 amide bonds. The number of carbonyl (C=O) groups excluding carboxylic acids is 1. The maximum atomic E-state index is 11.5. The number of benzene rings is 1. The zero-order chi connectivity index (χ0) is 12.3. The second-order valence-electron chi connectivity index (χ2n) is 4.84. The topological polar surface area (TPSA) is 26.3 Å². The van der Waals surface area contributed by atoms with Crippen molar-refractivity contribution in [1.82, 2.24) is 0 Å². The van der Waals surface area contributed by atoms with Crippen molar-refractivity contribution in [3.63, 3.8) is 0 Å². The summed E-state index contributed by atoms with van der Waals surface area (Å²) in [5.41, 5.74) is 1.02. The molecule has 2 atom stereocenters. The molecule has 1 aromatic rings. The number of hydrogen-bond acceptors (Lipinski definition) is 2. The van der Waals surface area contributed by atoms with Crippen molar-refractivity contribution >= 4 is 5.97 Å². The second-order valence-corrected chi connectivity index (χ2v) is 4.84. The molecule has 1 aliphatic rings. The van der Waals surface area contributed by atoms with Gasteiger partial charge in [-0.05, 0) is 31.2 Å². The monoisotopic (exact) mass is 230 g/mol. The van der Waals surface area contributed by atoms with Crippen molar-refractivity contribution < 1.29 is 9.53 Å². The highest BCUT2D eigenvalue weighted by atomic mass is 16.5. The quantitative estimate of drug-likeness (QED) is 0.587. The van der Waals surface area contributed by atoms with Gasteiger partial charge in [0.15, 0.2) is 0 Å². The molecule has 90 valence electrons. The van der Waals surface area contributed by atoms with Gasteiger partial charge in [0.2, 0.25) is 0 Å². The molecule has 2 heteroatoms. The number of allylic oxidation sites excluding steroid dienone is 2. The third-order valence-electron chi connectivity index (χ3n) is 3.52. The van der Waals surface area contributed by atoms with Gasteiger partial charge in [0.05, 0.1) is 12.5 Å². The molecule has 1 fully saturated rings. The van der Waals surface area contributed by atoms with Crippen LogP contribution in [0, 0.1) is 11.3 Å².